The van der Waals surface area contributed by atoms with E-state index in [1.165, 1.54) is 12.0 Å². The van der Waals surface area contributed by atoms with Crippen molar-refractivity contribution in [2.24, 2.45) is 0 Å². The van der Waals surface area contributed by atoms with Crippen molar-refractivity contribution >= 4 is 27.5 Å². The minimum absolute atomic E-state index is 0.182. The van der Waals surface area contributed by atoms with Crippen molar-refractivity contribution in [3.05, 3.63) is 60.2 Å². The average Bonchev–Trinajstić information content (AvgIpc) is 2.80. The number of sulfonamides is 1. The van der Waals surface area contributed by atoms with Crippen LogP contribution in [0.3, 0.4) is 0 Å². The Bertz CT molecular complexity index is 1030. The second kappa shape index (κ2) is 12.2. The lowest BCUT2D eigenvalue weighted by Gasteiger charge is -2.33. The van der Waals surface area contributed by atoms with E-state index in [4.69, 9.17) is 4.74 Å². The standard InChI is InChI=1S/C24H33N3O5S/c1-5-16-25-24(29)20(6-2)26(17-19-12-8-7-9-13-19)23(28)18-27(33(4,30)31)21-14-10-11-15-22(21)32-3/h7-15,20H,5-6,16-18H2,1-4H3,(H,25,29)/t20-/m1/s1. The lowest BCUT2D eigenvalue weighted by molar-refractivity contribution is -0.140. The molecule has 1 N–H and O–H groups in total. The number of benzene rings is 2. The highest BCUT2D eigenvalue weighted by Gasteiger charge is 2.32. The van der Waals surface area contributed by atoms with Gasteiger partial charge in [0, 0.05) is 13.1 Å². The number of nitrogens with zero attached hydrogens (tertiary/aromatic N) is 2. The van der Waals surface area contributed by atoms with Gasteiger partial charge in [0.05, 0.1) is 19.1 Å². The smallest absolute Gasteiger partial charge is 0.244 e. The van der Waals surface area contributed by atoms with E-state index in [9.17, 15) is 18.0 Å². The summed E-state index contributed by atoms with van der Waals surface area (Å²) in [6.07, 6.45) is 2.20. The molecule has 0 bridgehead atoms. The highest BCUT2D eigenvalue weighted by atomic mass is 32.2. The number of anilines is 1. The van der Waals surface area contributed by atoms with Gasteiger partial charge < -0.3 is 15.0 Å². The summed E-state index contributed by atoms with van der Waals surface area (Å²) in [7, 11) is -2.38. The van der Waals surface area contributed by atoms with Gasteiger partial charge in [0.2, 0.25) is 21.8 Å². The molecule has 180 valence electrons. The number of carbonyl (C=O) groups excluding carboxylic acids is 2. The molecule has 8 nitrogen and oxygen atoms in total. The van der Waals surface area contributed by atoms with Crippen molar-refractivity contribution in [1.29, 1.82) is 0 Å². The minimum Gasteiger partial charge on any atom is -0.495 e. The van der Waals surface area contributed by atoms with Gasteiger partial charge in [0.25, 0.3) is 0 Å². The Kier molecular flexibility index (Phi) is 9.72. The molecular formula is C24H33N3O5S. The van der Waals surface area contributed by atoms with Crippen LogP contribution in [0, 0.1) is 0 Å². The van der Waals surface area contributed by atoms with Crippen molar-refractivity contribution < 1.29 is 22.7 Å². The molecule has 2 aromatic rings. The summed E-state index contributed by atoms with van der Waals surface area (Å²) in [4.78, 5) is 27.9. The predicted molar refractivity (Wildman–Crippen MR) is 130 cm³/mol. The van der Waals surface area contributed by atoms with Crippen molar-refractivity contribution in [3.8, 4) is 5.75 Å². The van der Waals surface area contributed by atoms with E-state index in [1.807, 2.05) is 44.2 Å². The normalized spacial score (nSPS) is 12.0. The molecule has 2 rings (SSSR count). The summed E-state index contributed by atoms with van der Waals surface area (Å²) in [5.74, 6) is -0.404. The quantitative estimate of drug-likeness (QED) is 0.509. The number of rotatable bonds is 12. The Morgan fingerprint density at radius 1 is 1.03 bits per heavy atom. The minimum atomic E-state index is -3.81. The maximum atomic E-state index is 13.6. The summed E-state index contributed by atoms with van der Waals surface area (Å²) in [6, 6.07) is 15.2. The molecule has 0 aliphatic rings. The Balaban J connectivity index is 2.43. The summed E-state index contributed by atoms with van der Waals surface area (Å²) in [6.45, 7) is 4.01. The number of nitrogens with one attached hydrogen (secondary N) is 1. The van der Waals surface area contributed by atoms with Gasteiger partial charge in [-0.15, -0.1) is 0 Å². The van der Waals surface area contributed by atoms with Gasteiger partial charge in [-0.2, -0.15) is 0 Å². The topological polar surface area (TPSA) is 96.0 Å². The zero-order chi connectivity index (χ0) is 24.4. The fourth-order valence-electron chi connectivity index (χ4n) is 3.50. The molecule has 0 saturated carbocycles. The van der Waals surface area contributed by atoms with Gasteiger partial charge in [0.15, 0.2) is 0 Å². The Morgan fingerprint density at radius 3 is 2.24 bits per heavy atom. The van der Waals surface area contributed by atoms with E-state index in [-0.39, 0.29) is 18.1 Å². The number of ether oxygens (including phenoxy) is 1. The molecule has 0 aromatic heterocycles. The van der Waals surface area contributed by atoms with Crippen LogP contribution in [-0.4, -0.2) is 57.6 Å². The fraction of sp³-hybridized carbons (Fsp3) is 0.417. The van der Waals surface area contributed by atoms with Crippen molar-refractivity contribution in [2.75, 3.05) is 30.8 Å². The highest BCUT2D eigenvalue weighted by molar-refractivity contribution is 7.92. The number of para-hydroxylation sites is 2. The lowest BCUT2D eigenvalue weighted by atomic mass is 10.1. The molecule has 0 radical (unpaired) electrons. The maximum Gasteiger partial charge on any atom is 0.244 e. The molecule has 0 unspecified atom stereocenters. The van der Waals surface area contributed by atoms with E-state index in [0.717, 1.165) is 22.5 Å². The van der Waals surface area contributed by atoms with Crippen LogP contribution in [0.25, 0.3) is 0 Å². The van der Waals surface area contributed by atoms with Crippen molar-refractivity contribution in [2.45, 2.75) is 39.3 Å². The largest absolute Gasteiger partial charge is 0.495 e. The zero-order valence-electron chi connectivity index (χ0n) is 19.7. The van der Waals surface area contributed by atoms with E-state index < -0.39 is 28.5 Å². The van der Waals surface area contributed by atoms with Gasteiger partial charge in [-0.25, -0.2) is 8.42 Å². The molecule has 0 aliphatic heterocycles. The molecule has 33 heavy (non-hydrogen) atoms. The van der Waals surface area contributed by atoms with Crippen LogP contribution in [0.1, 0.15) is 32.3 Å². The summed E-state index contributed by atoms with van der Waals surface area (Å²) >= 11 is 0. The monoisotopic (exact) mass is 475 g/mol. The molecule has 1 atom stereocenters. The fourth-order valence-corrected chi connectivity index (χ4v) is 4.35. The molecular weight excluding hydrogens is 442 g/mol. The summed E-state index contributed by atoms with van der Waals surface area (Å²) in [5.41, 5.74) is 1.11. The second-order valence-corrected chi connectivity index (χ2v) is 9.57. The molecule has 9 heteroatoms. The predicted octanol–water partition coefficient (Wildman–Crippen LogP) is 2.79. The number of carbonyl (C=O) groups is 2. The van der Waals surface area contributed by atoms with Crippen LogP contribution in [0.15, 0.2) is 54.6 Å². The van der Waals surface area contributed by atoms with Crippen LogP contribution in [0.2, 0.25) is 0 Å². The Morgan fingerprint density at radius 2 is 1.67 bits per heavy atom. The van der Waals surface area contributed by atoms with Crippen molar-refractivity contribution in [1.82, 2.24) is 10.2 Å². The van der Waals surface area contributed by atoms with Gasteiger partial charge in [-0.1, -0.05) is 56.3 Å². The first-order chi connectivity index (χ1) is 15.7. The maximum absolute atomic E-state index is 13.6. The number of hydrogen-bond acceptors (Lipinski definition) is 5. The first kappa shape index (κ1) is 26.2. The van der Waals surface area contributed by atoms with Gasteiger partial charge in [-0.3, -0.25) is 13.9 Å². The van der Waals surface area contributed by atoms with E-state index in [1.54, 1.807) is 24.3 Å². The molecule has 0 fully saturated rings. The van der Waals surface area contributed by atoms with Crippen LogP contribution in [-0.2, 0) is 26.2 Å². The molecule has 0 heterocycles. The van der Waals surface area contributed by atoms with E-state index >= 15 is 0 Å². The number of methoxy groups -OCH3 is 1. The Labute approximate surface area is 196 Å². The molecule has 0 saturated heterocycles. The number of hydrogen-bond donors (Lipinski definition) is 1. The first-order valence-corrected chi connectivity index (χ1v) is 12.8. The van der Waals surface area contributed by atoms with Crippen LogP contribution < -0.4 is 14.4 Å². The van der Waals surface area contributed by atoms with Gasteiger partial charge >= 0.3 is 0 Å². The third-order valence-electron chi connectivity index (χ3n) is 5.16. The van der Waals surface area contributed by atoms with Gasteiger partial charge in [0.1, 0.15) is 18.3 Å². The van der Waals surface area contributed by atoms with Crippen LogP contribution in [0.4, 0.5) is 5.69 Å². The third-order valence-corrected chi connectivity index (χ3v) is 6.29. The summed E-state index contributed by atoms with van der Waals surface area (Å²) < 4.78 is 31.6. The third kappa shape index (κ3) is 7.21. The summed E-state index contributed by atoms with van der Waals surface area (Å²) in [5, 5.41) is 2.85. The molecule has 0 aliphatic carbocycles. The van der Waals surface area contributed by atoms with Crippen LogP contribution >= 0.6 is 0 Å². The Hall–Kier alpha value is -3.07. The van der Waals surface area contributed by atoms with Crippen LogP contribution in [0.5, 0.6) is 5.75 Å². The van der Waals surface area contributed by atoms with E-state index in [2.05, 4.69) is 5.32 Å². The molecule has 2 amide bonds. The number of amides is 2. The average molecular weight is 476 g/mol. The van der Waals surface area contributed by atoms with E-state index in [0.29, 0.717) is 18.7 Å². The van der Waals surface area contributed by atoms with Crippen molar-refractivity contribution in [3.63, 3.8) is 0 Å². The first-order valence-electron chi connectivity index (χ1n) is 10.9. The zero-order valence-corrected chi connectivity index (χ0v) is 20.5. The lowest BCUT2D eigenvalue weighted by Crippen LogP contribution is -2.52. The molecule has 0 spiro atoms. The highest BCUT2D eigenvalue weighted by Crippen LogP contribution is 2.29. The molecule has 2 aromatic carbocycles. The van der Waals surface area contributed by atoms with Gasteiger partial charge in [-0.05, 0) is 30.5 Å². The SMILES string of the molecule is CCCNC(=O)[C@@H](CC)N(Cc1ccccc1)C(=O)CN(c1ccccc1OC)S(C)(=O)=O. The second-order valence-electron chi connectivity index (χ2n) is 7.66.